The van der Waals surface area contributed by atoms with Gasteiger partial charge in [-0.25, -0.2) is 14.0 Å². The topological polar surface area (TPSA) is 128 Å². The SMILES string of the molecule is CC(=O)O[C@@]1(C)[C@@H](c2cccc(C(=O)O)c2C)O[C@H](n2cc(C)c(=O)[nH]c2=O)[C@]1(C)F. The van der Waals surface area contributed by atoms with E-state index in [1.54, 1.807) is 6.07 Å². The first-order valence-electron chi connectivity index (χ1n) is 9.50. The molecule has 0 spiro atoms. The Balaban J connectivity index is 2.25. The highest BCUT2D eigenvalue weighted by Gasteiger charge is 2.67. The van der Waals surface area contributed by atoms with Crippen LogP contribution >= 0.6 is 0 Å². The molecule has 10 heteroatoms. The molecule has 1 aliphatic rings. The number of aromatic amines is 1. The summed E-state index contributed by atoms with van der Waals surface area (Å²) in [6, 6.07) is 4.41. The van der Waals surface area contributed by atoms with Crippen molar-refractivity contribution in [2.45, 2.75) is 58.2 Å². The summed E-state index contributed by atoms with van der Waals surface area (Å²) < 4.78 is 28.6. The lowest BCUT2D eigenvalue weighted by atomic mass is 9.80. The van der Waals surface area contributed by atoms with E-state index < -0.39 is 46.8 Å². The van der Waals surface area contributed by atoms with Crippen LogP contribution in [0.25, 0.3) is 0 Å². The number of alkyl halides is 1. The summed E-state index contributed by atoms with van der Waals surface area (Å²) in [4.78, 5) is 49.7. The van der Waals surface area contributed by atoms with Crippen molar-refractivity contribution in [2.75, 3.05) is 0 Å². The van der Waals surface area contributed by atoms with Gasteiger partial charge in [0.25, 0.3) is 5.56 Å². The minimum absolute atomic E-state index is 0.0210. The highest BCUT2D eigenvalue weighted by Crippen LogP contribution is 2.56. The normalized spacial score (nSPS) is 27.8. The molecule has 9 nitrogen and oxygen atoms in total. The summed E-state index contributed by atoms with van der Waals surface area (Å²) >= 11 is 0. The van der Waals surface area contributed by atoms with Crippen LogP contribution < -0.4 is 11.2 Å². The van der Waals surface area contributed by atoms with Gasteiger partial charge in [0.15, 0.2) is 17.5 Å². The second-order valence-electron chi connectivity index (χ2n) is 7.95. The number of aromatic nitrogens is 2. The third-order valence-electron chi connectivity index (χ3n) is 5.84. The number of hydrogen-bond donors (Lipinski definition) is 2. The van der Waals surface area contributed by atoms with Gasteiger partial charge >= 0.3 is 17.6 Å². The minimum Gasteiger partial charge on any atom is -0.478 e. The number of carbonyl (C=O) groups is 2. The summed E-state index contributed by atoms with van der Waals surface area (Å²) in [5.74, 6) is -1.96. The van der Waals surface area contributed by atoms with Gasteiger partial charge in [-0.3, -0.25) is 19.1 Å². The zero-order valence-corrected chi connectivity index (χ0v) is 17.7. The monoisotopic (exact) mass is 434 g/mol. The lowest BCUT2D eigenvalue weighted by Crippen LogP contribution is -2.52. The van der Waals surface area contributed by atoms with Gasteiger partial charge in [0.2, 0.25) is 0 Å². The molecule has 1 aromatic carbocycles. The second kappa shape index (κ2) is 7.45. The number of ether oxygens (including phenoxy) is 2. The van der Waals surface area contributed by atoms with Crippen molar-refractivity contribution < 1.29 is 28.6 Å². The van der Waals surface area contributed by atoms with Gasteiger partial charge < -0.3 is 14.6 Å². The molecule has 0 aliphatic carbocycles. The van der Waals surface area contributed by atoms with Crippen LogP contribution in [-0.2, 0) is 14.3 Å². The standard InChI is InChI=1S/C21H23FN2O7/c1-10-9-24(19(29)23-16(10)26)18-20(4,22)21(5,31-12(3)25)15(30-18)13-7-6-8-14(11(13)2)17(27)28/h6-9,15,18H,1-5H3,(H,27,28)(H,23,26,29)/t15-,18+,20+,21+/m1/s1. The zero-order valence-electron chi connectivity index (χ0n) is 17.7. The maximum atomic E-state index is 16.3. The largest absolute Gasteiger partial charge is 0.478 e. The average Bonchev–Trinajstić information content (AvgIpc) is 2.84. The van der Waals surface area contributed by atoms with Crippen molar-refractivity contribution in [2.24, 2.45) is 0 Å². The van der Waals surface area contributed by atoms with E-state index >= 15 is 4.39 Å². The first-order valence-corrected chi connectivity index (χ1v) is 9.50. The Labute approximate surface area is 176 Å². The van der Waals surface area contributed by atoms with Crippen molar-refractivity contribution in [1.82, 2.24) is 9.55 Å². The van der Waals surface area contributed by atoms with E-state index in [0.29, 0.717) is 11.1 Å². The average molecular weight is 434 g/mol. The number of benzene rings is 1. The summed E-state index contributed by atoms with van der Waals surface area (Å²) in [6.07, 6.45) is -1.64. The molecular formula is C21H23FN2O7. The number of halogens is 1. The number of carboxylic acids is 1. The molecule has 0 bridgehead atoms. The van der Waals surface area contributed by atoms with Crippen LogP contribution in [0.15, 0.2) is 34.0 Å². The smallest absolute Gasteiger partial charge is 0.335 e. The molecule has 2 heterocycles. The maximum absolute atomic E-state index is 16.3. The molecule has 1 saturated heterocycles. The Morgan fingerprint density at radius 3 is 2.48 bits per heavy atom. The molecule has 1 aliphatic heterocycles. The Hall–Kier alpha value is -3.27. The van der Waals surface area contributed by atoms with E-state index in [0.717, 1.165) is 18.4 Å². The Morgan fingerprint density at radius 1 is 1.26 bits per heavy atom. The number of nitrogens with zero attached hydrogens (tertiary/aromatic N) is 1. The summed E-state index contributed by atoms with van der Waals surface area (Å²) in [7, 11) is 0. The van der Waals surface area contributed by atoms with Gasteiger partial charge in [-0.2, -0.15) is 0 Å². The second-order valence-corrected chi connectivity index (χ2v) is 7.95. The number of carbonyl (C=O) groups excluding carboxylic acids is 1. The van der Waals surface area contributed by atoms with Crippen LogP contribution in [0.3, 0.4) is 0 Å². The molecule has 1 fully saturated rings. The van der Waals surface area contributed by atoms with E-state index in [4.69, 9.17) is 9.47 Å². The molecule has 4 atom stereocenters. The number of H-pyrrole nitrogens is 1. The van der Waals surface area contributed by atoms with Gasteiger partial charge in [0.05, 0.1) is 5.56 Å². The quantitative estimate of drug-likeness (QED) is 0.706. The van der Waals surface area contributed by atoms with E-state index in [2.05, 4.69) is 4.98 Å². The Kier molecular flexibility index (Phi) is 5.39. The van der Waals surface area contributed by atoms with Gasteiger partial charge in [-0.1, -0.05) is 12.1 Å². The Bertz CT molecular complexity index is 1180. The highest BCUT2D eigenvalue weighted by atomic mass is 19.1. The molecule has 0 amide bonds. The first kappa shape index (κ1) is 22.4. The molecule has 31 heavy (non-hydrogen) atoms. The lowest BCUT2D eigenvalue weighted by Gasteiger charge is -2.37. The van der Waals surface area contributed by atoms with Gasteiger partial charge in [-0.15, -0.1) is 0 Å². The number of carboxylic acid groups (broad SMARTS) is 1. The fraction of sp³-hybridized carbons (Fsp3) is 0.429. The molecule has 0 radical (unpaired) electrons. The van der Waals surface area contributed by atoms with Gasteiger partial charge in [0, 0.05) is 18.7 Å². The van der Waals surface area contributed by atoms with Crippen LogP contribution in [0.4, 0.5) is 4.39 Å². The van der Waals surface area contributed by atoms with E-state index in [1.165, 1.54) is 39.1 Å². The number of aromatic carboxylic acids is 1. The fourth-order valence-electron chi connectivity index (χ4n) is 3.97. The van der Waals surface area contributed by atoms with Crippen molar-refractivity contribution in [3.63, 3.8) is 0 Å². The third kappa shape index (κ3) is 3.46. The summed E-state index contributed by atoms with van der Waals surface area (Å²) in [5.41, 5.74) is -5.15. The molecule has 2 N–H and O–H groups in total. The van der Waals surface area contributed by atoms with Crippen molar-refractivity contribution in [1.29, 1.82) is 0 Å². The Morgan fingerprint density at radius 2 is 1.90 bits per heavy atom. The molecule has 0 unspecified atom stereocenters. The summed E-state index contributed by atoms with van der Waals surface area (Å²) in [6.45, 7) is 6.56. The summed E-state index contributed by atoms with van der Waals surface area (Å²) in [5, 5.41) is 9.45. The van der Waals surface area contributed by atoms with Crippen LogP contribution in [0.5, 0.6) is 0 Å². The van der Waals surface area contributed by atoms with Crippen LogP contribution in [0, 0.1) is 13.8 Å². The molecule has 1 aromatic heterocycles. The molecule has 0 saturated carbocycles. The first-order chi connectivity index (χ1) is 14.3. The van der Waals surface area contributed by atoms with Crippen LogP contribution in [-0.4, -0.2) is 37.9 Å². The van der Waals surface area contributed by atoms with Gasteiger partial charge in [-0.05, 0) is 44.9 Å². The van der Waals surface area contributed by atoms with E-state index in [1.807, 2.05) is 0 Å². The predicted molar refractivity (Wildman–Crippen MR) is 107 cm³/mol. The molecule has 3 rings (SSSR count). The highest BCUT2D eigenvalue weighted by molar-refractivity contribution is 5.89. The van der Waals surface area contributed by atoms with E-state index in [-0.39, 0.29) is 11.1 Å². The molecule has 166 valence electrons. The van der Waals surface area contributed by atoms with Crippen molar-refractivity contribution in [3.8, 4) is 0 Å². The van der Waals surface area contributed by atoms with Crippen molar-refractivity contribution >= 4 is 11.9 Å². The van der Waals surface area contributed by atoms with Gasteiger partial charge in [0.1, 0.15) is 6.10 Å². The molecular weight excluding hydrogens is 411 g/mol. The number of esters is 1. The minimum atomic E-state index is -2.44. The number of rotatable bonds is 4. The third-order valence-corrected chi connectivity index (χ3v) is 5.84. The zero-order chi connectivity index (χ0) is 23.3. The van der Waals surface area contributed by atoms with Crippen LogP contribution in [0.1, 0.15) is 60.2 Å². The van der Waals surface area contributed by atoms with Crippen LogP contribution in [0.2, 0.25) is 0 Å². The maximum Gasteiger partial charge on any atom is 0.335 e. The van der Waals surface area contributed by atoms with Crippen molar-refractivity contribution in [3.05, 3.63) is 67.5 Å². The number of hydrogen-bond acceptors (Lipinski definition) is 6. The number of nitrogens with one attached hydrogen (secondary N) is 1. The van der Waals surface area contributed by atoms with E-state index in [9.17, 15) is 24.3 Å². The number of aryl methyl sites for hydroxylation is 1. The lowest BCUT2D eigenvalue weighted by molar-refractivity contribution is -0.174. The molecule has 2 aromatic rings. The fourth-order valence-corrected chi connectivity index (χ4v) is 3.97. The predicted octanol–water partition coefficient (Wildman–Crippen LogP) is 2.17.